The van der Waals surface area contributed by atoms with E-state index in [2.05, 4.69) is 27.0 Å². The van der Waals surface area contributed by atoms with Crippen LogP contribution in [0.1, 0.15) is 5.56 Å². The van der Waals surface area contributed by atoms with Crippen molar-refractivity contribution in [3.63, 3.8) is 0 Å². The highest BCUT2D eigenvalue weighted by Crippen LogP contribution is 2.13. The molecular weight excluding hydrogens is 214 g/mol. The van der Waals surface area contributed by atoms with E-state index in [1.54, 1.807) is 13.3 Å². The highest BCUT2D eigenvalue weighted by Gasteiger charge is 2.00. The first kappa shape index (κ1) is 11.5. The van der Waals surface area contributed by atoms with Gasteiger partial charge in [-0.2, -0.15) is 0 Å². The fourth-order valence-corrected chi connectivity index (χ4v) is 1.76. The second kappa shape index (κ2) is 5.39. The summed E-state index contributed by atoms with van der Waals surface area (Å²) in [7, 11) is 3.56. The van der Waals surface area contributed by atoms with Crippen molar-refractivity contribution in [2.24, 2.45) is 0 Å². The van der Waals surface area contributed by atoms with Crippen LogP contribution < -0.4 is 10.1 Å². The Hall–Kier alpha value is -1.97. The van der Waals surface area contributed by atoms with Crippen LogP contribution in [0.5, 0.6) is 5.75 Å². The Morgan fingerprint density at radius 3 is 2.71 bits per heavy atom. The molecule has 0 unspecified atom stereocenters. The zero-order valence-corrected chi connectivity index (χ0v) is 10.2. The zero-order valence-electron chi connectivity index (χ0n) is 10.2. The molecule has 1 N–H and O–H groups in total. The summed E-state index contributed by atoms with van der Waals surface area (Å²) >= 11 is 0. The minimum atomic E-state index is 0.896. The standard InChI is InChI=1S/C13H17N3O/c1-14-13-15-8-10-16(13)9-7-11-3-5-12(17-2)6-4-11/h3-6,8,10H,7,9H2,1-2H3,(H,14,15). The number of aromatic nitrogens is 2. The second-order valence-electron chi connectivity index (χ2n) is 3.79. The van der Waals surface area contributed by atoms with Crippen LogP contribution in [-0.2, 0) is 13.0 Å². The lowest BCUT2D eigenvalue weighted by molar-refractivity contribution is 0.414. The summed E-state index contributed by atoms with van der Waals surface area (Å²) in [5, 5.41) is 3.06. The maximum absolute atomic E-state index is 5.13. The van der Waals surface area contributed by atoms with Gasteiger partial charge in [0.15, 0.2) is 0 Å². The first-order valence-electron chi connectivity index (χ1n) is 5.65. The summed E-state index contributed by atoms with van der Waals surface area (Å²) in [6.07, 6.45) is 4.77. The Kier molecular flexibility index (Phi) is 3.65. The van der Waals surface area contributed by atoms with Gasteiger partial charge in [0.2, 0.25) is 5.95 Å². The minimum absolute atomic E-state index is 0.896. The summed E-state index contributed by atoms with van der Waals surface area (Å²) in [6.45, 7) is 0.919. The van der Waals surface area contributed by atoms with Gasteiger partial charge in [0.1, 0.15) is 5.75 Å². The summed E-state index contributed by atoms with van der Waals surface area (Å²) in [6, 6.07) is 8.16. The van der Waals surface area contributed by atoms with Crippen molar-refractivity contribution in [1.82, 2.24) is 9.55 Å². The third-order valence-electron chi connectivity index (χ3n) is 2.74. The van der Waals surface area contributed by atoms with Crippen LogP contribution in [0.2, 0.25) is 0 Å². The number of benzene rings is 1. The first-order chi connectivity index (χ1) is 8.33. The van der Waals surface area contributed by atoms with Gasteiger partial charge >= 0.3 is 0 Å². The van der Waals surface area contributed by atoms with E-state index in [1.807, 2.05) is 25.4 Å². The van der Waals surface area contributed by atoms with Crippen LogP contribution in [0, 0.1) is 0 Å². The van der Waals surface area contributed by atoms with E-state index in [0.29, 0.717) is 0 Å². The van der Waals surface area contributed by atoms with E-state index < -0.39 is 0 Å². The van der Waals surface area contributed by atoms with Crippen molar-refractivity contribution < 1.29 is 4.74 Å². The molecule has 0 fully saturated rings. The van der Waals surface area contributed by atoms with Crippen molar-refractivity contribution in [1.29, 1.82) is 0 Å². The van der Waals surface area contributed by atoms with Crippen LogP contribution in [-0.4, -0.2) is 23.7 Å². The Bertz CT molecular complexity index is 462. The molecule has 90 valence electrons. The van der Waals surface area contributed by atoms with E-state index in [-0.39, 0.29) is 0 Å². The predicted octanol–water partition coefficient (Wildman–Crippen LogP) is 2.18. The van der Waals surface area contributed by atoms with Crippen LogP contribution in [0.4, 0.5) is 5.95 Å². The number of methoxy groups -OCH3 is 1. The molecule has 0 saturated heterocycles. The highest BCUT2D eigenvalue weighted by molar-refractivity contribution is 5.28. The van der Waals surface area contributed by atoms with Gasteiger partial charge in [-0.25, -0.2) is 4.98 Å². The molecule has 17 heavy (non-hydrogen) atoms. The van der Waals surface area contributed by atoms with Crippen molar-refractivity contribution in [2.45, 2.75) is 13.0 Å². The van der Waals surface area contributed by atoms with E-state index in [9.17, 15) is 0 Å². The van der Waals surface area contributed by atoms with Crippen molar-refractivity contribution in [3.8, 4) is 5.75 Å². The predicted molar refractivity (Wildman–Crippen MR) is 68.5 cm³/mol. The lowest BCUT2D eigenvalue weighted by Crippen LogP contribution is -2.05. The number of nitrogens with zero attached hydrogens (tertiary/aromatic N) is 2. The number of anilines is 1. The Morgan fingerprint density at radius 1 is 1.29 bits per heavy atom. The average molecular weight is 231 g/mol. The normalized spacial score (nSPS) is 10.2. The highest BCUT2D eigenvalue weighted by atomic mass is 16.5. The molecule has 0 bridgehead atoms. The Labute approximate surface area is 101 Å². The Morgan fingerprint density at radius 2 is 2.06 bits per heavy atom. The van der Waals surface area contributed by atoms with Crippen molar-refractivity contribution in [2.75, 3.05) is 19.5 Å². The third-order valence-corrected chi connectivity index (χ3v) is 2.74. The summed E-state index contributed by atoms with van der Waals surface area (Å²) in [4.78, 5) is 4.21. The van der Waals surface area contributed by atoms with Crippen LogP contribution >= 0.6 is 0 Å². The molecular formula is C13H17N3O. The fourth-order valence-electron chi connectivity index (χ4n) is 1.76. The monoisotopic (exact) mass is 231 g/mol. The van der Waals surface area contributed by atoms with Crippen molar-refractivity contribution in [3.05, 3.63) is 42.2 Å². The van der Waals surface area contributed by atoms with Gasteiger partial charge in [0, 0.05) is 26.0 Å². The molecule has 2 aromatic rings. The molecule has 1 aromatic carbocycles. The van der Waals surface area contributed by atoms with E-state index in [0.717, 1.165) is 24.7 Å². The number of aryl methyl sites for hydroxylation is 2. The molecule has 0 aliphatic heterocycles. The summed E-state index contributed by atoms with van der Waals surface area (Å²) in [5.74, 6) is 1.80. The van der Waals surface area contributed by atoms with Crippen LogP contribution in [0.15, 0.2) is 36.7 Å². The lowest BCUT2D eigenvalue weighted by atomic mass is 10.1. The molecule has 0 amide bonds. The first-order valence-corrected chi connectivity index (χ1v) is 5.65. The van der Waals surface area contributed by atoms with Gasteiger partial charge in [-0.15, -0.1) is 0 Å². The smallest absolute Gasteiger partial charge is 0.202 e. The molecule has 4 heteroatoms. The summed E-state index contributed by atoms with van der Waals surface area (Å²) in [5.41, 5.74) is 1.29. The molecule has 2 rings (SSSR count). The quantitative estimate of drug-likeness (QED) is 0.857. The lowest BCUT2D eigenvalue weighted by Gasteiger charge is -2.07. The van der Waals surface area contributed by atoms with Gasteiger partial charge in [-0.3, -0.25) is 0 Å². The van der Waals surface area contributed by atoms with Gasteiger partial charge in [0.25, 0.3) is 0 Å². The number of rotatable bonds is 5. The van der Waals surface area contributed by atoms with Gasteiger partial charge < -0.3 is 14.6 Å². The summed E-state index contributed by atoms with van der Waals surface area (Å²) < 4.78 is 7.23. The number of hydrogen-bond donors (Lipinski definition) is 1. The average Bonchev–Trinajstić information content (AvgIpc) is 2.84. The largest absolute Gasteiger partial charge is 0.497 e. The maximum atomic E-state index is 5.13. The van der Waals surface area contributed by atoms with Gasteiger partial charge in [-0.05, 0) is 24.1 Å². The second-order valence-corrected chi connectivity index (χ2v) is 3.79. The van der Waals surface area contributed by atoms with Crippen molar-refractivity contribution >= 4 is 5.95 Å². The van der Waals surface area contributed by atoms with E-state index in [4.69, 9.17) is 4.74 Å². The maximum Gasteiger partial charge on any atom is 0.202 e. The molecule has 0 aliphatic rings. The molecule has 0 spiro atoms. The SMILES string of the molecule is CNc1nccn1CCc1ccc(OC)cc1. The molecule has 0 saturated carbocycles. The number of ether oxygens (including phenoxy) is 1. The number of hydrogen-bond acceptors (Lipinski definition) is 3. The number of nitrogens with one attached hydrogen (secondary N) is 1. The molecule has 1 heterocycles. The Balaban J connectivity index is 1.97. The third kappa shape index (κ3) is 2.78. The molecule has 1 aromatic heterocycles. The number of imidazole rings is 1. The van der Waals surface area contributed by atoms with E-state index in [1.165, 1.54) is 5.56 Å². The van der Waals surface area contributed by atoms with Crippen LogP contribution in [0.25, 0.3) is 0 Å². The topological polar surface area (TPSA) is 39.1 Å². The molecule has 0 aliphatic carbocycles. The molecule has 0 radical (unpaired) electrons. The fraction of sp³-hybridized carbons (Fsp3) is 0.308. The molecule has 4 nitrogen and oxygen atoms in total. The van der Waals surface area contributed by atoms with E-state index >= 15 is 0 Å². The minimum Gasteiger partial charge on any atom is -0.497 e. The van der Waals surface area contributed by atoms with Crippen LogP contribution in [0.3, 0.4) is 0 Å². The molecule has 0 atom stereocenters. The van der Waals surface area contributed by atoms with Gasteiger partial charge in [0.05, 0.1) is 7.11 Å². The zero-order chi connectivity index (χ0) is 12.1. The van der Waals surface area contributed by atoms with Gasteiger partial charge in [-0.1, -0.05) is 12.1 Å².